The number of aryl methyl sites for hydroxylation is 1. The highest BCUT2D eigenvalue weighted by Crippen LogP contribution is 2.26. The monoisotopic (exact) mass is 286 g/mol. The molecule has 1 amide bonds. The van der Waals surface area contributed by atoms with Gasteiger partial charge >= 0.3 is 0 Å². The molecule has 0 saturated heterocycles. The average Bonchev–Trinajstić information content (AvgIpc) is 2.50. The largest absolute Gasteiger partial charge is 0.497 e. The van der Waals surface area contributed by atoms with Crippen LogP contribution in [-0.4, -0.2) is 20.1 Å². The van der Waals surface area contributed by atoms with Gasteiger partial charge in [0, 0.05) is 17.4 Å². The molecule has 0 aromatic heterocycles. The number of carbonyl (C=O) groups excluding carboxylic acids is 1. The summed E-state index contributed by atoms with van der Waals surface area (Å²) < 4.78 is 10.3. The molecular weight excluding hydrogens is 268 g/mol. The molecule has 0 bridgehead atoms. The fourth-order valence-electron chi connectivity index (χ4n) is 1.94. The van der Waals surface area contributed by atoms with E-state index in [-0.39, 0.29) is 5.91 Å². The number of amides is 1. The van der Waals surface area contributed by atoms with Gasteiger partial charge in [-0.05, 0) is 42.8 Å². The molecule has 21 heavy (non-hydrogen) atoms. The Morgan fingerprint density at radius 2 is 1.86 bits per heavy atom. The summed E-state index contributed by atoms with van der Waals surface area (Å²) in [6, 6.07) is 10.4. The van der Waals surface area contributed by atoms with Crippen LogP contribution < -0.4 is 20.5 Å². The highest BCUT2D eigenvalue weighted by molar-refractivity contribution is 6.06. The normalized spacial score (nSPS) is 10.0. The van der Waals surface area contributed by atoms with Gasteiger partial charge in [0.25, 0.3) is 5.91 Å². The number of methoxy groups -OCH3 is 2. The number of rotatable bonds is 4. The molecule has 0 aliphatic carbocycles. The zero-order valence-corrected chi connectivity index (χ0v) is 12.3. The first-order valence-corrected chi connectivity index (χ1v) is 6.44. The number of anilines is 2. The number of benzene rings is 2. The molecule has 0 spiro atoms. The second-order valence-corrected chi connectivity index (χ2v) is 4.59. The van der Waals surface area contributed by atoms with E-state index < -0.39 is 0 Å². The van der Waals surface area contributed by atoms with Crippen LogP contribution in [0.5, 0.6) is 11.5 Å². The predicted molar refractivity (Wildman–Crippen MR) is 83.1 cm³/mol. The van der Waals surface area contributed by atoms with Crippen LogP contribution in [0.2, 0.25) is 0 Å². The lowest BCUT2D eigenvalue weighted by Gasteiger charge is -2.11. The van der Waals surface area contributed by atoms with Crippen LogP contribution in [0.25, 0.3) is 0 Å². The Morgan fingerprint density at radius 1 is 1.10 bits per heavy atom. The van der Waals surface area contributed by atoms with E-state index in [9.17, 15) is 4.79 Å². The first kappa shape index (κ1) is 14.7. The maximum absolute atomic E-state index is 12.3. The Bertz CT molecular complexity index is 669. The Labute approximate surface area is 123 Å². The fourth-order valence-corrected chi connectivity index (χ4v) is 1.94. The molecule has 0 heterocycles. The molecule has 0 atom stereocenters. The molecule has 2 aromatic rings. The van der Waals surface area contributed by atoms with E-state index in [4.69, 9.17) is 15.2 Å². The van der Waals surface area contributed by atoms with Crippen molar-refractivity contribution in [3.8, 4) is 11.5 Å². The van der Waals surface area contributed by atoms with Crippen LogP contribution in [0.3, 0.4) is 0 Å². The standard InChI is InChI=1S/C16H18N2O3/c1-10-8-11(4-7-14(10)17)18-16(19)13-6-5-12(20-2)9-15(13)21-3/h4-9H,17H2,1-3H3,(H,18,19). The van der Waals surface area contributed by atoms with Gasteiger partial charge in [-0.2, -0.15) is 0 Å². The molecule has 2 aromatic carbocycles. The minimum absolute atomic E-state index is 0.251. The van der Waals surface area contributed by atoms with Crippen molar-refractivity contribution in [1.29, 1.82) is 0 Å². The number of hydrogen-bond donors (Lipinski definition) is 2. The van der Waals surface area contributed by atoms with Gasteiger partial charge in [-0.3, -0.25) is 4.79 Å². The highest BCUT2D eigenvalue weighted by Gasteiger charge is 2.13. The molecule has 0 fully saturated rings. The lowest BCUT2D eigenvalue weighted by molar-refractivity contribution is 0.102. The first-order chi connectivity index (χ1) is 10.0. The van der Waals surface area contributed by atoms with Crippen molar-refractivity contribution in [2.45, 2.75) is 6.92 Å². The molecule has 0 radical (unpaired) electrons. The SMILES string of the molecule is COc1ccc(C(=O)Nc2ccc(N)c(C)c2)c(OC)c1. The van der Waals surface area contributed by atoms with Crippen LogP contribution in [-0.2, 0) is 0 Å². The summed E-state index contributed by atoms with van der Waals surface area (Å²) in [6.07, 6.45) is 0. The van der Waals surface area contributed by atoms with Crippen LogP contribution in [0.1, 0.15) is 15.9 Å². The van der Waals surface area contributed by atoms with Gasteiger partial charge in [0.05, 0.1) is 19.8 Å². The molecule has 5 nitrogen and oxygen atoms in total. The van der Waals surface area contributed by atoms with Crippen molar-refractivity contribution in [3.63, 3.8) is 0 Å². The summed E-state index contributed by atoms with van der Waals surface area (Å²) in [5, 5.41) is 2.82. The number of carbonyl (C=O) groups is 1. The molecule has 5 heteroatoms. The van der Waals surface area contributed by atoms with E-state index in [1.807, 2.05) is 13.0 Å². The van der Waals surface area contributed by atoms with Gasteiger partial charge in [-0.25, -0.2) is 0 Å². The van der Waals surface area contributed by atoms with Crippen molar-refractivity contribution < 1.29 is 14.3 Å². The summed E-state index contributed by atoms with van der Waals surface area (Å²) in [5.41, 5.74) is 8.49. The summed E-state index contributed by atoms with van der Waals surface area (Å²) in [7, 11) is 3.07. The molecule has 0 unspecified atom stereocenters. The predicted octanol–water partition coefficient (Wildman–Crippen LogP) is 2.85. The highest BCUT2D eigenvalue weighted by atomic mass is 16.5. The smallest absolute Gasteiger partial charge is 0.259 e. The number of nitrogens with two attached hydrogens (primary N) is 1. The Kier molecular flexibility index (Phi) is 4.33. The Hall–Kier alpha value is -2.69. The van der Waals surface area contributed by atoms with Crippen molar-refractivity contribution in [2.24, 2.45) is 0 Å². The van der Waals surface area contributed by atoms with Crippen molar-refractivity contribution >= 4 is 17.3 Å². The molecule has 2 rings (SSSR count). The maximum atomic E-state index is 12.3. The Morgan fingerprint density at radius 3 is 2.48 bits per heavy atom. The summed E-state index contributed by atoms with van der Waals surface area (Å²) in [5.74, 6) is 0.837. The van der Waals surface area contributed by atoms with Gasteiger partial charge in [0.1, 0.15) is 11.5 Å². The molecule has 110 valence electrons. The van der Waals surface area contributed by atoms with E-state index >= 15 is 0 Å². The lowest BCUT2D eigenvalue weighted by Crippen LogP contribution is -2.13. The summed E-state index contributed by atoms with van der Waals surface area (Å²) >= 11 is 0. The van der Waals surface area contributed by atoms with Crippen LogP contribution in [0, 0.1) is 6.92 Å². The van der Waals surface area contributed by atoms with E-state index in [2.05, 4.69) is 5.32 Å². The van der Waals surface area contributed by atoms with E-state index in [1.54, 1.807) is 37.4 Å². The van der Waals surface area contributed by atoms with Crippen LogP contribution >= 0.6 is 0 Å². The third-order valence-electron chi connectivity index (χ3n) is 3.18. The van der Waals surface area contributed by atoms with Gasteiger partial charge in [0.2, 0.25) is 0 Å². The van der Waals surface area contributed by atoms with Gasteiger partial charge in [-0.1, -0.05) is 0 Å². The van der Waals surface area contributed by atoms with Crippen LogP contribution in [0.15, 0.2) is 36.4 Å². The topological polar surface area (TPSA) is 73.6 Å². The van der Waals surface area contributed by atoms with E-state index in [1.165, 1.54) is 7.11 Å². The number of ether oxygens (including phenoxy) is 2. The second-order valence-electron chi connectivity index (χ2n) is 4.59. The lowest BCUT2D eigenvalue weighted by atomic mass is 10.1. The van der Waals surface area contributed by atoms with Gasteiger partial charge in [0.15, 0.2) is 0 Å². The number of nitrogen functional groups attached to an aromatic ring is 1. The third-order valence-corrected chi connectivity index (χ3v) is 3.18. The molecule has 0 aliphatic heterocycles. The van der Waals surface area contributed by atoms with E-state index in [0.29, 0.717) is 28.4 Å². The second kappa shape index (κ2) is 6.17. The Balaban J connectivity index is 2.25. The zero-order valence-electron chi connectivity index (χ0n) is 12.3. The zero-order chi connectivity index (χ0) is 15.4. The number of nitrogens with one attached hydrogen (secondary N) is 1. The van der Waals surface area contributed by atoms with Crippen molar-refractivity contribution in [3.05, 3.63) is 47.5 Å². The molecule has 0 aliphatic rings. The number of hydrogen-bond acceptors (Lipinski definition) is 4. The maximum Gasteiger partial charge on any atom is 0.259 e. The third kappa shape index (κ3) is 3.25. The van der Waals surface area contributed by atoms with Crippen molar-refractivity contribution in [2.75, 3.05) is 25.3 Å². The van der Waals surface area contributed by atoms with Gasteiger partial charge < -0.3 is 20.5 Å². The summed E-state index contributed by atoms with van der Waals surface area (Å²) in [6.45, 7) is 1.89. The van der Waals surface area contributed by atoms with E-state index in [0.717, 1.165) is 5.56 Å². The minimum Gasteiger partial charge on any atom is -0.497 e. The van der Waals surface area contributed by atoms with Crippen molar-refractivity contribution in [1.82, 2.24) is 0 Å². The first-order valence-electron chi connectivity index (χ1n) is 6.44. The summed E-state index contributed by atoms with van der Waals surface area (Å²) in [4.78, 5) is 12.3. The average molecular weight is 286 g/mol. The van der Waals surface area contributed by atoms with Crippen LogP contribution in [0.4, 0.5) is 11.4 Å². The van der Waals surface area contributed by atoms with Gasteiger partial charge in [-0.15, -0.1) is 0 Å². The minimum atomic E-state index is -0.251. The molecular formula is C16H18N2O3. The molecule has 3 N–H and O–H groups in total. The molecule has 0 saturated carbocycles. The quantitative estimate of drug-likeness (QED) is 0.848. The fraction of sp³-hybridized carbons (Fsp3) is 0.188.